The van der Waals surface area contributed by atoms with Crippen LogP contribution in [-0.4, -0.2) is 47.6 Å². The maximum absolute atomic E-state index is 2.89. The van der Waals surface area contributed by atoms with Gasteiger partial charge in [0.1, 0.15) is 0 Å². The van der Waals surface area contributed by atoms with Crippen molar-refractivity contribution in [2.45, 2.75) is 70.0 Å². The molecule has 2 saturated heterocycles. The average Bonchev–Trinajstić information content (AvgIpc) is 2.97. The van der Waals surface area contributed by atoms with E-state index in [1.165, 1.54) is 64.6 Å². The summed E-state index contributed by atoms with van der Waals surface area (Å²) in [5.41, 5.74) is 0. The van der Waals surface area contributed by atoms with Crippen LogP contribution < -0.4 is 0 Å². The van der Waals surface area contributed by atoms with Gasteiger partial charge in [0.15, 0.2) is 0 Å². The molecular formula is C14H26N2. The van der Waals surface area contributed by atoms with Crippen LogP contribution in [0.3, 0.4) is 0 Å². The van der Waals surface area contributed by atoms with Crippen LogP contribution in [0.15, 0.2) is 0 Å². The molecule has 2 unspecified atom stereocenters. The van der Waals surface area contributed by atoms with E-state index in [9.17, 15) is 0 Å². The van der Waals surface area contributed by atoms with Gasteiger partial charge in [-0.3, -0.25) is 9.80 Å². The molecule has 0 aromatic carbocycles. The van der Waals surface area contributed by atoms with Crippen molar-refractivity contribution >= 4 is 0 Å². The Morgan fingerprint density at radius 3 is 2.44 bits per heavy atom. The first kappa shape index (κ1) is 11.0. The van der Waals surface area contributed by atoms with Gasteiger partial charge in [-0.2, -0.15) is 0 Å². The predicted octanol–water partition coefficient (Wildman–Crippen LogP) is 2.49. The highest BCUT2D eigenvalue weighted by atomic mass is 15.3. The van der Waals surface area contributed by atoms with Crippen molar-refractivity contribution in [3.05, 3.63) is 0 Å². The molecule has 2 atom stereocenters. The minimum absolute atomic E-state index is 0.859. The first-order valence-corrected chi connectivity index (χ1v) is 7.38. The molecule has 1 saturated carbocycles. The molecule has 0 N–H and O–H groups in total. The van der Waals surface area contributed by atoms with Crippen molar-refractivity contribution < 1.29 is 0 Å². The highest BCUT2D eigenvalue weighted by Crippen LogP contribution is 2.32. The van der Waals surface area contributed by atoms with Crippen LogP contribution in [0, 0.1) is 0 Å². The number of hydrogen-bond donors (Lipinski definition) is 0. The molecule has 0 radical (unpaired) electrons. The molecule has 2 nitrogen and oxygen atoms in total. The van der Waals surface area contributed by atoms with Gasteiger partial charge in [-0.05, 0) is 38.6 Å². The van der Waals surface area contributed by atoms with Gasteiger partial charge in [0.25, 0.3) is 0 Å². The molecule has 3 rings (SSSR count). The minimum Gasteiger partial charge on any atom is -0.298 e. The Hall–Kier alpha value is -0.0800. The maximum atomic E-state index is 2.89. The Balaban J connectivity index is 1.70. The van der Waals surface area contributed by atoms with E-state index in [1.54, 1.807) is 0 Å². The van der Waals surface area contributed by atoms with E-state index < -0.39 is 0 Å². The lowest BCUT2D eigenvalue weighted by molar-refractivity contribution is 0.0201. The van der Waals surface area contributed by atoms with Crippen LogP contribution in [0.25, 0.3) is 0 Å². The lowest BCUT2D eigenvalue weighted by Crippen LogP contribution is -2.58. The van der Waals surface area contributed by atoms with E-state index in [4.69, 9.17) is 0 Å². The molecule has 1 aliphatic carbocycles. The van der Waals surface area contributed by atoms with E-state index in [0.29, 0.717) is 0 Å². The zero-order valence-electron chi connectivity index (χ0n) is 10.7. The molecule has 0 spiro atoms. The Kier molecular flexibility index (Phi) is 3.21. The van der Waals surface area contributed by atoms with Gasteiger partial charge in [0.2, 0.25) is 0 Å². The maximum Gasteiger partial charge on any atom is 0.0224 e. The average molecular weight is 222 g/mol. The number of nitrogens with zero attached hydrogens (tertiary/aromatic N) is 2. The van der Waals surface area contributed by atoms with E-state index in [0.717, 1.165) is 18.1 Å². The van der Waals surface area contributed by atoms with Crippen molar-refractivity contribution in [3.8, 4) is 0 Å². The summed E-state index contributed by atoms with van der Waals surface area (Å²) < 4.78 is 0. The minimum atomic E-state index is 0.859. The van der Waals surface area contributed by atoms with Crippen LogP contribution in [0.2, 0.25) is 0 Å². The zero-order valence-corrected chi connectivity index (χ0v) is 10.7. The third-order valence-electron chi connectivity index (χ3n) is 5.10. The monoisotopic (exact) mass is 222 g/mol. The largest absolute Gasteiger partial charge is 0.298 e. The standard InChI is InChI=1S/C14H26N2/c1-2-12-10-15-9-5-8-14(15)11-16(12)13-6-3-4-7-13/h12-14H,2-11H2,1H3. The van der Waals surface area contributed by atoms with Crippen molar-refractivity contribution in [1.82, 2.24) is 9.80 Å². The number of rotatable bonds is 2. The molecule has 3 aliphatic rings. The van der Waals surface area contributed by atoms with Crippen molar-refractivity contribution in [1.29, 1.82) is 0 Å². The first-order chi connectivity index (χ1) is 7.88. The summed E-state index contributed by atoms with van der Waals surface area (Å²) in [6, 6.07) is 2.70. The molecule has 2 heteroatoms. The Labute approximate surface area is 100.0 Å². The normalized spacial score (nSPS) is 38.1. The summed E-state index contributed by atoms with van der Waals surface area (Å²) >= 11 is 0. The summed E-state index contributed by atoms with van der Waals surface area (Å²) in [6.07, 6.45) is 10.2. The lowest BCUT2D eigenvalue weighted by atomic mass is 10.0. The van der Waals surface area contributed by atoms with Gasteiger partial charge < -0.3 is 0 Å². The van der Waals surface area contributed by atoms with E-state index in [-0.39, 0.29) is 0 Å². The summed E-state index contributed by atoms with van der Waals surface area (Å²) in [7, 11) is 0. The van der Waals surface area contributed by atoms with Gasteiger partial charge in [0.05, 0.1) is 0 Å². The molecule has 0 amide bonds. The molecule has 2 aliphatic heterocycles. The van der Waals surface area contributed by atoms with Crippen LogP contribution in [0.5, 0.6) is 0 Å². The topological polar surface area (TPSA) is 6.48 Å². The number of hydrogen-bond acceptors (Lipinski definition) is 2. The smallest absolute Gasteiger partial charge is 0.0224 e. The molecular weight excluding hydrogens is 196 g/mol. The van der Waals surface area contributed by atoms with Crippen molar-refractivity contribution in [2.75, 3.05) is 19.6 Å². The van der Waals surface area contributed by atoms with E-state index in [2.05, 4.69) is 16.7 Å². The lowest BCUT2D eigenvalue weighted by Gasteiger charge is -2.46. The summed E-state index contributed by atoms with van der Waals surface area (Å²) in [5, 5.41) is 0. The summed E-state index contributed by atoms with van der Waals surface area (Å²) in [5.74, 6) is 0. The van der Waals surface area contributed by atoms with Crippen LogP contribution in [-0.2, 0) is 0 Å². The van der Waals surface area contributed by atoms with E-state index in [1.807, 2.05) is 0 Å². The Morgan fingerprint density at radius 2 is 1.69 bits per heavy atom. The SMILES string of the molecule is CCC1CN2CCCC2CN1C1CCCC1. The Bertz CT molecular complexity index is 235. The second kappa shape index (κ2) is 4.66. The fourth-order valence-electron chi connectivity index (χ4n) is 4.16. The van der Waals surface area contributed by atoms with Gasteiger partial charge in [-0.25, -0.2) is 0 Å². The number of piperazine rings is 1. The molecule has 0 aromatic rings. The molecule has 0 aromatic heterocycles. The van der Waals surface area contributed by atoms with Crippen LogP contribution >= 0.6 is 0 Å². The first-order valence-electron chi connectivity index (χ1n) is 7.38. The highest BCUT2D eigenvalue weighted by Gasteiger charge is 2.38. The van der Waals surface area contributed by atoms with Gasteiger partial charge in [-0.1, -0.05) is 19.8 Å². The third-order valence-corrected chi connectivity index (χ3v) is 5.10. The Morgan fingerprint density at radius 1 is 0.938 bits per heavy atom. The number of fused-ring (bicyclic) bond motifs is 1. The third kappa shape index (κ3) is 1.91. The highest BCUT2D eigenvalue weighted by molar-refractivity contribution is 4.95. The molecule has 2 heterocycles. The van der Waals surface area contributed by atoms with Gasteiger partial charge in [-0.15, -0.1) is 0 Å². The molecule has 3 fully saturated rings. The van der Waals surface area contributed by atoms with Crippen LogP contribution in [0.1, 0.15) is 51.9 Å². The fourth-order valence-corrected chi connectivity index (χ4v) is 4.16. The molecule has 0 bridgehead atoms. The molecule has 92 valence electrons. The van der Waals surface area contributed by atoms with Crippen molar-refractivity contribution in [3.63, 3.8) is 0 Å². The predicted molar refractivity (Wildman–Crippen MR) is 67.6 cm³/mol. The fraction of sp³-hybridized carbons (Fsp3) is 1.00. The molecule has 16 heavy (non-hydrogen) atoms. The summed E-state index contributed by atoms with van der Waals surface area (Å²) in [4.78, 5) is 5.65. The quantitative estimate of drug-likeness (QED) is 0.708. The summed E-state index contributed by atoms with van der Waals surface area (Å²) in [6.45, 7) is 6.49. The van der Waals surface area contributed by atoms with Crippen molar-refractivity contribution in [2.24, 2.45) is 0 Å². The zero-order chi connectivity index (χ0) is 11.0. The van der Waals surface area contributed by atoms with E-state index >= 15 is 0 Å². The van der Waals surface area contributed by atoms with Gasteiger partial charge >= 0.3 is 0 Å². The second-order valence-electron chi connectivity index (χ2n) is 5.99. The van der Waals surface area contributed by atoms with Crippen LogP contribution in [0.4, 0.5) is 0 Å². The second-order valence-corrected chi connectivity index (χ2v) is 5.99. The van der Waals surface area contributed by atoms with Gasteiger partial charge in [0, 0.05) is 31.2 Å².